The van der Waals surface area contributed by atoms with Gasteiger partial charge in [0.05, 0.1) is 16.8 Å². The van der Waals surface area contributed by atoms with Crippen LogP contribution in [0.4, 0.5) is 5.69 Å². The highest BCUT2D eigenvalue weighted by atomic mass is 16.2. The van der Waals surface area contributed by atoms with Crippen molar-refractivity contribution < 1.29 is 4.79 Å². The Morgan fingerprint density at radius 1 is 1.10 bits per heavy atom. The SMILES string of the molecule is CCN(C(=O)C12CCC(C)(c3nc(C#N)c(C#N)nc31)C2(C)C)c1cccc(C)c1. The summed E-state index contributed by atoms with van der Waals surface area (Å²) in [6.45, 7) is 10.8. The van der Waals surface area contributed by atoms with E-state index in [1.54, 1.807) is 0 Å². The lowest BCUT2D eigenvalue weighted by Crippen LogP contribution is -2.53. The number of likely N-dealkylation sites (N-methyl/N-ethyl adjacent to an activating group) is 1. The van der Waals surface area contributed by atoms with Gasteiger partial charge in [0.1, 0.15) is 12.1 Å². The Morgan fingerprint density at radius 3 is 2.30 bits per heavy atom. The fraction of sp³-hybridized carbons (Fsp3) is 0.458. The normalized spacial score (nSPS) is 25.3. The van der Waals surface area contributed by atoms with E-state index in [4.69, 9.17) is 0 Å². The second kappa shape index (κ2) is 6.37. The summed E-state index contributed by atoms with van der Waals surface area (Å²) in [7, 11) is 0. The van der Waals surface area contributed by atoms with E-state index in [1.807, 2.05) is 55.2 Å². The van der Waals surface area contributed by atoms with E-state index in [0.717, 1.165) is 17.7 Å². The molecule has 0 saturated heterocycles. The van der Waals surface area contributed by atoms with Gasteiger partial charge in [-0.25, -0.2) is 9.97 Å². The number of benzene rings is 1. The summed E-state index contributed by atoms with van der Waals surface area (Å²) >= 11 is 0. The van der Waals surface area contributed by atoms with Crippen LogP contribution in [0.2, 0.25) is 0 Å². The van der Waals surface area contributed by atoms with Crippen molar-refractivity contribution in [3.8, 4) is 12.1 Å². The maximum atomic E-state index is 14.3. The minimum absolute atomic E-state index is 0.00557. The Morgan fingerprint density at radius 2 is 1.73 bits per heavy atom. The van der Waals surface area contributed by atoms with Crippen LogP contribution in [0.3, 0.4) is 0 Å². The molecule has 0 radical (unpaired) electrons. The summed E-state index contributed by atoms with van der Waals surface area (Å²) in [4.78, 5) is 25.2. The number of nitriles is 2. The van der Waals surface area contributed by atoms with E-state index in [0.29, 0.717) is 24.4 Å². The Balaban J connectivity index is 1.97. The molecule has 2 unspecified atom stereocenters. The van der Waals surface area contributed by atoms with Crippen LogP contribution >= 0.6 is 0 Å². The summed E-state index contributed by atoms with van der Waals surface area (Å²) < 4.78 is 0. The number of amides is 1. The zero-order chi connectivity index (χ0) is 21.9. The third kappa shape index (κ3) is 2.20. The van der Waals surface area contributed by atoms with Gasteiger partial charge in [-0.15, -0.1) is 0 Å². The molecule has 2 bridgehead atoms. The van der Waals surface area contributed by atoms with Gasteiger partial charge in [-0.1, -0.05) is 32.9 Å². The minimum atomic E-state index is -0.885. The fourth-order valence-electron chi connectivity index (χ4n) is 5.58. The van der Waals surface area contributed by atoms with Crippen LogP contribution in [0.1, 0.15) is 68.9 Å². The Kier molecular flexibility index (Phi) is 4.26. The van der Waals surface area contributed by atoms with Crippen molar-refractivity contribution in [2.45, 2.75) is 58.3 Å². The van der Waals surface area contributed by atoms with Gasteiger partial charge < -0.3 is 4.90 Å². The van der Waals surface area contributed by atoms with Gasteiger partial charge in [0, 0.05) is 17.6 Å². The molecule has 4 rings (SSSR count). The molecular weight excluding hydrogens is 374 g/mol. The third-order valence-electron chi connectivity index (χ3n) is 7.72. The molecule has 0 aliphatic heterocycles. The first-order valence-electron chi connectivity index (χ1n) is 10.3. The molecular formula is C24H25N5O. The molecule has 1 saturated carbocycles. The molecule has 2 aliphatic rings. The number of aryl methyl sites for hydroxylation is 1. The highest BCUT2D eigenvalue weighted by molar-refractivity contribution is 6.03. The van der Waals surface area contributed by atoms with Crippen molar-refractivity contribution >= 4 is 11.6 Å². The first-order valence-corrected chi connectivity index (χ1v) is 10.3. The molecule has 152 valence electrons. The molecule has 2 aliphatic carbocycles. The van der Waals surface area contributed by atoms with E-state index in [9.17, 15) is 15.3 Å². The van der Waals surface area contributed by atoms with Crippen molar-refractivity contribution in [2.24, 2.45) is 5.41 Å². The van der Waals surface area contributed by atoms with Crippen LogP contribution in [-0.4, -0.2) is 22.4 Å². The van der Waals surface area contributed by atoms with Crippen molar-refractivity contribution in [1.29, 1.82) is 10.5 Å². The first-order chi connectivity index (χ1) is 14.2. The molecule has 1 aromatic heterocycles. The number of aromatic nitrogens is 2. The molecule has 1 fully saturated rings. The fourth-order valence-corrected chi connectivity index (χ4v) is 5.58. The lowest BCUT2D eigenvalue weighted by molar-refractivity contribution is -0.127. The van der Waals surface area contributed by atoms with E-state index >= 15 is 0 Å². The van der Waals surface area contributed by atoms with Crippen LogP contribution in [0, 0.1) is 35.0 Å². The van der Waals surface area contributed by atoms with Gasteiger partial charge in [0.25, 0.3) is 0 Å². The maximum absolute atomic E-state index is 14.3. The second-order valence-electron chi connectivity index (χ2n) is 9.09. The van der Waals surface area contributed by atoms with Gasteiger partial charge >= 0.3 is 0 Å². The van der Waals surface area contributed by atoms with Crippen LogP contribution in [-0.2, 0) is 15.6 Å². The monoisotopic (exact) mass is 399 g/mol. The van der Waals surface area contributed by atoms with Crippen molar-refractivity contribution in [3.63, 3.8) is 0 Å². The van der Waals surface area contributed by atoms with Crippen LogP contribution in [0.5, 0.6) is 0 Å². The summed E-state index contributed by atoms with van der Waals surface area (Å²) in [6.07, 6.45) is 1.44. The summed E-state index contributed by atoms with van der Waals surface area (Å²) in [5.74, 6) is -0.00836. The number of anilines is 1. The van der Waals surface area contributed by atoms with Gasteiger partial charge in [0.2, 0.25) is 5.91 Å². The molecule has 0 spiro atoms. The molecule has 6 heteroatoms. The maximum Gasteiger partial charge on any atom is 0.239 e. The van der Waals surface area contributed by atoms with Crippen LogP contribution < -0.4 is 4.90 Å². The van der Waals surface area contributed by atoms with E-state index in [2.05, 4.69) is 30.7 Å². The molecule has 30 heavy (non-hydrogen) atoms. The zero-order valence-electron chi connectivity index (χ0n) is 18.1. The van der Waals surface area contributed by atoms with E-state index < -0.39 is 16.2 Å². The highest BCUT2D eigenvalue weighted by Crippen LogP contribution is 2.70. The number of carbonyl (C=O) groups is 1. The molecule has 6 nitrogen and oxygen atoms in total. The molecule has 1 amide bonds. The highest BCUT2D eigenvalue weighted by Gasteiger charge is 2.73. The molecule has 1 aromatic carbocycles. The first kappa shape index (κ1) is 20.0. The Hall–Kier alpha value is -3.25. The third-order valence-corrected chi connectivity index (χ3v) is 7.72. The lowest BCUT2D eigenvalue weighted by atomic mass is 9.63. The van der Waals surface area contributed by atoms with E-state index in [1.165, 1.54) is 0 Å². The van der Waals surface area contributed by atoms with Gasteiger partial charge in [-0.2, -0.15) is 10.5 Å². The summed E-state index contributed by atoms with van der Waals surface area (Å²) in [6, 6.07) is 11.9. The average molecular weight is 399 g/mol. The largest absolute Gasteiger partial charge is 0.312 e. The molecule has 2 aromatic rings. The number of carbonyl (C=O) groups excluding carboxylic acids is 1. The van der Waals surface area contributed by atoms with Crippen molar-refractivity contribution in [3.05, 3.63) is 52.6 Å². The Bertz CT molecular complexity index is 1160. The quantitative estimate of drug-likeness (QED) is 0.780. The summed E-state index contributed by atoms with van der Waals surface area (Å²) in [5, 5.41) is 19.0. The van der Waals surface area contributed by atoms with Crippen molar-refractivity contribution in [1.82, 2.24) is 9.97 Å². The topological polar surface area (TPSA) is 93.7 Å². The summed E-state index contributed by atoms with van der Waals surface area (Å²) in [5.41, 5.74) is 1.51. The number of nitrogens with zero attached hydrogens (tertiary/aromatic N) is 5. The Labute approximate surface area is 177 Å². The minimum Gasteiger partial charge on any atom is -0.312 e. The number of rotatable bonds is 3. The van der Waals surface area contributed by atoms with Gasteiger partial charge in [0.15, 0.2) is 11.4 Å². The van der Waals surface area contributed by atoms with Gasteiger partial charge in [-0.3, -0.25) is 4.79 Å². The van der Waals surface area contributed by atoms with E-state index in [-0.39, 0.29) is 17.3 Å². The molecule has 2 atom stereocenters. The number of fused-ring (bicyclic) bond motifs is 5. The van der Waals surface area contributed by atoms with Crippen LogP contribution in [0.15, 0.2) is 24.3 Å². The lowest BCUT2D eigenvalue weighted by Gasteiger charge is -2.42. The molecule has 1 heterocycles. The predicted octanol–water partition coefficient (Wildman–Crippen LogP) is 3.91. The second-order valence-corrected chi connectivity index (χ2v) is 9.09. The predicted molar refractivity (Wildman–Crippen MR) is 113 cm³/mol. The number of hydrogen-bond donors (Lipinski definition) is 0. The number of hydrogen-bond acceptors (Lipinski definition) is 5. The zero-order valence-corrected chi connectivity index (χ0v) is 18.1. The smallest absolute Gasteiger partial charge is 0.239 e. The van der Waals surface area contributed by atoms with Gasteiger partial charge in [-0.05, 0) is 49.8 Å². The standard InChI is InChI=1S/C24H25N5O/c1-6-29(16-9-7-8-15(2)12-16)21(30)24-11-10-23(5,22(24,3)4)19-20(24)28-18(14-26)17(13-25)27-19/h7-9,12H,6,10-11H2,1-5H3. The molecule has 0 N–H and O–H groups in total. The average Bonchev–Trinajstić information content (AvgIpc) is 3.02. The van der Waals surface area contributed by atoms with Crippen molar-refractivity contribution in [2.75, 3.05) is 11.4 Å². The van der Waals surface area contributed by atoms with Crippen LogP contribution in [0.25, 0.3) is 0 Å².